The Morgan fingerprint density at radius 3 is 2.87 bits per heavy atom. The first kappa shape index (κ1) is 18.0. The van der Waals surface area contributed by atoms with Gasteiger partial charge in [0.2, 0.25) is 0 Å². The molecule has 0 aliphatic rings. The molecular formula is C18H26ClN3O. The first-order chi connectivity index (χ1) is 11.1. The summed E-state index contributed by atoms with van der Waals surface area (Å²) in [5.41, 5.74) is 6.66. The molecule has 0 aliphatic carbocycles. The SMILES string of the molecule is CCN(CCCC(C)N)CCOc1ccnc2cc(Cl)ccc12. The Bertz CT molecular complexity index is 618. The van der Waals surface area contributed by atoms with Crippen molar-refractivity contribution in [2.75, 3.05) is 26.2 Å². The monoisotopic (exact) mass is 335 g/mol. The highest BCUT2D eigenvalue weighted by Gasteiger charge is 2.06. The third-order valence-electron chi connectivity index (χ3n) is 3.91. The highest BCUT2D eigenvalue weighted by molar-refractivity contribution is 6.31. The maximum absolute atomic E-state index is 6.01. The fourth-order valence-electron chi connectivity index (χ4n) is 2.57. The molecule has 1 unspecified atom stereocenters. The quantitative estimate of drug-likeness (QED) is 0.759. The first-order valence-corrected chi connectivity index (χ1v) is 8.63. The van der Waals surface area contributed by atoms with E-state index in [1.165, 1.54) is 0 Å². The minimum absolute atomic E-state index is 0.278. The van der Waals surface area contributed by atoms with Crippen molar-refractivity contribution in [2.24, 2.45) is 5.73 Å². The summed E-state index contributed by atoms with van der Waals surface area (Å²) in [4.78, 5) is 6.72. The van der Waals surface area contributed by atoms with E-state index in [9.17, 15) is 0 Å². The van der Waals surface area contributed by atoms with Crippen molar-refractivity contribution < 1.29 is 4.74 Å². The minimum atomic E-state index is 0.278. The van der Waals surface area contributed by atoms with Gasteiger partial charge in [0.05, 0.1) is 5.52 Å². The maximum atomic E-state index is 6.01. The Hall–Kier alpha value is -1.36. The van der Waals surface area contributed by atoms with Gasteiger partial charge in [-0.2, -0.15) is 0 Å². The van der Waals surface area contributed by atoms with Gasteiger partial charge in [0, 0.05) is 29.2 Å². The van der Waals surface area contributed by atoms with Crippen LogP contribution >= 0.6 is 11.6 Å². The number of halogens is 1. The summed E-state index contributed by atoms with van der Waals surface area (Å²) in [5.74, 6) is 0.860. The van der Waals surface area contributed by atoms with E-state index in [1.54, 1.807) is 6.20 Å². The molecule has 0 aliphatic heterocycles. The number of likely N-dealkylation sites (N-methyl/N-ethyl adjacent to an activating group) is 1. The molecule has 2 rings (SSSR count). The van der Waals surface area contributed by atoms with Crippen molar-refractivity contribution in [3.63, 3.8) is 0 Å². The Balaban J connectivity index is 1.88. The fraction of sp³-hybridized carbons (Fsp3) is 0.500. The standard InChI is InChI=1S/C18H26ClN3O/c1-3-22(10-4-5-14(2)20)11-12-23-18-8-9-21-17-13-15(19)6-7-16(17)18/h6-9,13-14H,3-5,10-12,20H2,1-2H3. The van der Waals surface area contributed by atoms with Crippen molar-refractivity contribution in [1.82, 2.24) is 9.88 Å². The molecule has 2 aromatic rings. The molecule has 0 saturated carbocycles. The lowest BCUT2D eigenvalue weighted by atomic mass is 10.2. The number of nitrogens with two attached hydrogens (primary N) is 1. The summed E-state index contributed by atoms with van der Waals surface area (Å²) in [6, 6.07) is 7.86. The topological polar surface area (TPSA) is 51.4 Å². The van der Waals surface area contributed by atoms with Gasteiger partial charge in [-0.05, 0) is 57.1 Å². The van der Waals surface area contributed by atoms with Crippen molar-refractivity contribution >= 4 is 22.5 Å². The van der Waals surface area contributed by atoms with E-state index in [-0.39, 0.29) is 6.04 Å². The number of rotatable bonds is 9. The second kappa shape index (κ2) is 9.06. The van der Waals surface area contributed by atoms with E-state index in [0.717, 1.165) is 49.1 Å². The normalized spacial score (nSPS) is 12.7. The Morgan fingerprint density at radius 1 is 1.30 bits per heavy atom. The predicted molar refractivity (Wildman–Crippen MR) is 97.2 cm³/mol. The van der Waals surface area contributed by atoms with Crippen molar-refractivity contribution in [3.8, 4) is 5.75 Å². The zero-order valence-corrected chi connectivity index (χ0v) is 14.7. The lowest BCUT2D eigenvalue weighted by molar-refractivity contribution is 0.213. The third-order valence-corrected chi connectivity index (χ3v) is 4.15. The summed E-state index contributed by atoms with van der Waals surface area (Å²) in [6.45, 7) is 7.89. The van der Waals surface area contributed by atoms with E-state index < -0.39 is 0 Å². The van der Waals surface area contributed by atoms with E-state index in [2.05, 4.69) is 23.7 Å². The molecule has 0 radical (unpaired) electrons. The van der Waals surface area contributed by atoms with Crippen LogP contribution in [-0.2, 0) is 0 Å². The summed E-state index contributed by atoms with van der Waals surface area (Å²) in [5, 5.41) is 1.69. The molecule has 0 bridgehead atoms. The summed E-state index contributed by atoms with van der Waals surface area (Å²) < 4.78 is 5.97. The number of pyridine rings is 1. The Kier molecular flexibility index (Phi) is 7.09. The average molecular weight is 336 g/mol. The summed E-state index contributed by atoms with van der Waals surface area (Å²) in [7, 11) is 0. The van der Waals surface area contributed by atoms with Gasteiger partial charge in [0.25, 0.3) is 0 Å². The largest absolute Gasteiger partial charge is 0.491 e. The highest BCUT2D eigenvalue weighted by atomic mass is 35.5. The van der Waals surface area contributed by atoms with Gasteiger partial charge in [0.15, 0.2) is 0 Å². The van der Waals surface area contributed by atoms with Crippen LogP contribution in [0.25, 0.3) is 10.9 Å². The second-order valence-electron chi connectivity index (χ2n) is 5.87. The number of aromatic nitrogens is 1. The van der Waals surface area contributed by atoms with Crippen LogP contribution in [0.5, 0.6) is 5.75 Å². The van der Waals surface area contributed by atoms with Crippen LogP contribution in [0.3, 0.4) is 0 Å². The van der Waals surface area contributed by atoms with Crippen LogP contribution in [0.4, 0.5) is 0 Å². The molecule has 0 amide bonds. The molecule has 0 fully saturated rings. The van der Waals surface area contributed by atoms with Crippen LogP contribution < -0.4 is 10.5 Å². The summed E-state index contributed by atoms with van der Waals surface area (Å²) in [6.07, 6.45) is 3.95. The molecule has 0 saturated heterocycles. The average Bonchev–Trinajstić information content (AvgIpc) is 2.52. The van der Waals surface area contributed by atoms with E-state index in [4.69, 9.17) is 22.1 Å². The zero-order chi connectivity index (χ0) is 16.7. The van der Waals surface area contributed by atoms with Gasteiger partial charge >= 0.3 is 0 Å². The molecule has 1 aromatic heterocycles. The smallest absolute Gasteiger partial charge is 0.130 e. The van der Waals surface area contributed by atoms with Gasteiger partial charge < -0.3 is 15.4 Å². The molecule has 1 aromatic carbocycles. The molecule has 0 spiro atoms. The highest BCUT2D eigenvalue weighted by Crippen LogP contribution is 2.26. The maximum Gasteiger partial charge on any atom is 0.130 e. The first-order valence-electron chi connectivity index (χ1n) is 8.25. The lowest BCUT2D eigenvalue weighted by Crippen LogP contribution is -2.30. The number of benzene rings is 1. The van der Waals surface area contributed by atoms with Gasteiger partial charge in [-0.1, -0.05) is 18.5 Å². The van der Waals surface area contributed by atoms with Gasteiger partial charge in [0.1, 0.15) is 12.4 Å². The van der Waals surface area contributed by atoms with E-state index >= 15 is 0 Å². The molecule has 1 heterocycles. The fourth-order valence-corrected chi connectivity index (χ4v) is 2.74. The number of nitrogens with zero attached hydrogens (tertiary/aromatic N) is 2. The molecule has 5 heteroatoms. The van der Waals surface area contributed by atoms with Crippen LogP contribution in [0.1, 0.15) is 26.7 Å². The summed E-state index contributed by atoms with van der Waals surface area (Å²) >= 11 is 6.01. The van der Waals surface area contributed by atoms with E-state index in [0.29, 0.717) is 11.6 Å². The number of fused-ring (bicyclic) bond motifs is 1. The van der Waals surface area contributed by atoms with E-state index in [1.807, 2.05) is 24.3 Å². The van der Waals surface area contributed by atoms with Crippen LogP contribution in [0.15, 0.2) is 30.5 Å². The lowest BCUT2D eigenvalue weighted by Gasteiger charge is -2.21. The number of ether oxygens (including phenoxy) is 1. The molecule has 23 heavy (non-hydrogen) atoms. The van der Waals surface area contributed by atoms with Gasteiger partial charge in [-0.3, -0.25) is 4.98 Å². The zero-order valence-electron chi connectivity index (χ0n) is 14.0. The van der Waals surface area contributed by atoms with Crippen LogP contribution in [0.2, 0.25) is 5.02 Å². The van der Waals surface area contributed by atoms with Crippen molar-refractivity contribution in [1.29, 1.82) is 0 Å². The van der Waals surface area contributed by atoms with Crippen LogP contribution in [-0.4, -0.2) is 42.2 Å². The van der Waals surface area contributed by atoms with Crippen molar-refractivity contribution in [2.45, 2.75) is 32.7 Å². The van der Waals surface area contributed by atoms with Gasteiger partial charge in [-0.25, -0.2) is 0 Å². The van der Waals surface area contributed by atoms with Gasteiger partial charge in [-0.15, -0.1) is 0 Å². The Morgan fingerprint density at radius 2 is 2.13 bits per heavy atom. The predicted octanol–water partition coefficient (Wildman–Crippen LogP) is 3.72. The van der Waals surface area contributed by atoms with Crippen molar-refractivity contribution in [3.05, 3.63) is 35.5 Å². The molecule has 4 nitrogen and oxygen atoms in total. The molecule has 2 N–H and O–H groups in total. The molecule has 1 atom stereocenters. The van der Waals surface area contributed by atoms with Crippen LogP contribution in [0, 0.1) is 0 Å². The second-order valence-corrected chi connectivity index (χ2v) is 6.31. The number of hydrogen-bond donors (Lipinski definition) is 1. The third kappa shape index (κ3) is 5.65. The number of hydrogen-bond acceptors (Lipinski definition) is 4. The molecular weight excluding hydrogens is 310 g/mol. The Labute approximate surface area is 143 Å². The minimum Gasteiger partial charge on any atom is -0.491 e. The molecule has 126 valence electrons.